The smallest absolute Gasteiger partial charge is 0.245 e. The Labute approximate surface area is 193 Å². The van der Waals surface area contributed by atoms with Gasteiger partial charge in [0, 0.05) is 17.0 Å². The van der Waals surface area contributed by atoms with Crippen LogP contribution in [0.15, 0.2) is 59.1 Å². The molecule has 0 amide bonds. The molecule has 0 saturated carbocycles. The highest BCUT2D eigenvalue weighted by Crippen LogP contribution is 2.30. The second-order valence-corrected chi connectivity index (χ2v) is 8.39. The van der Waals surface area contributed by atoms with Crippen molar-refractivity contribution in [1.82, 2.24) is 15.0 Å². The van der Waals surface area contributed by atoms with Crippen molar-refractivity contribution in [2.24, 2.45) is 0 Å². The van der Waals surface area contributed by atoms with Gasteiger partial charge in [-0.25, -0.2) is 9.97 Å². The van der Waals surface area contributed by atoms with Gasteiger partial charge in [0.2, 0.25) is 5.89 Å². The Morgan fingerprint density at radius 2 is 1.75 bits per heavy atom. The van der Waals surface area contributed by atoms with Gasteiger partial charge in [0.05, 0.1) is 12.8 Å². The molecule has 5 nitrogen and oxygen atoms in total. The first-order chi connectivity index (χ1) is 15.6. The van der Waals surface area contributed by atoms with Crippen LogP contribution in [0.5, 0.6) is 5.75 Å². The molecule has 0 atom stereocenters. The first-order valence-electron chi connectivity index (χ1n) is 11.1. The van der Waals surface area contributed by atoms with E-state index in [1.54, 1.807) is 6.20 Å². The number of aromatic nitrogens is 3. The molecule has 0 aliphatic rings. The molecule has 0 unspecified atom stereocenters. The molecule has 0 spiro atoms. The molecule has 2 heterocycles. The van der Waals surface area contributed by atoms with Gasteiger partial charge in [-0.05, 0) is 50.5 Å². The Morgan fingerprint density at radius 1 is 0.969 bits per heavy atom. The fraction of sp³-hybridized carbons (Fsp3) is 0.308. The predicted molar refractivity (Wildman–Crippen MR) is 128 cm³/mol. The van der Waals surface area contributed by atoms with Crippen LogP contribution in [0.4, 0.5) is 0 Å². The Bertz CT molecular complexity index is 1150. The number of hydrogen-bond donors (Lipinski definition) is 1. The zero-order valence-corrected chi connectivity index (χ0v) is 19.3. The number of rotatable bonds is 10. The fourth-order valence-electron chi connectivity index (χ4n) is 3.64. The first kappa shape index (κ1) is 22.2. The summed E-state index contributed by atoms with van der Waals surface area (Å²) in [7, 11) is 0. The molecule has 0 aliphatic heterocycles. The minimum atomic E-state index is 0.567. The maximum absolute atomic E-state index is 6.16. The summed E-state index contributed by atoms with van der Waals surface area (Å²) in [5.74, 6) is 3.27. The van der Waals surface area contributed by atoms with Crippen molar-refractivity contribution >= 4 is 11.6 Å². The van der Waals surface area contributed by atoms with Crippen LogP contribution in [0.3, 0.4) is 0 Å². The van der Waals surface area contributed by atoms with E-state index >= 15 is 0 Å². The van der Waals surface area contributed by atoms with Gasteiger partial charge in [0.15, 0.2) is 0 Å². The molecule has 0 aliphatic carbocycles. The lowest BCUT2D eigenvalue weighted by atomic mass is 10.1. The van der Waals surface area contributed by atoms with Crippen molar-refractivity contribution in [3.8, 4) is 28.6 Å². The van der Waals surface area contributed by atoms with Crippen LogP contribution >= 0.6 is 11.6 Å². The van der Waals surface area contributed by atoms with Crippen molar-refractivity contribution in [2.75, 3.05) is 6.61 Å². The van der Waals surface area contributed by atoms with Crippen LogP contribution in [-0.2, 0) is 6.42 Å². The molecule has 0 radical (unpaired) electrons. The molecule has 4 aromatic rings. The number of aromatic amines is 1. The summed E-state index contributed by atoms with van der Waals surface area (Å²) in [6.07, 6.45) is 6.87. The standard InChI is InChI=1S/C26H28ClN3O2/c1-18-9-6-7-10-23(18)31-16-8-4-3-5-11-24-25(20-12-14-21(27)15-13-20)30-26(32-24)22-17-28-19(2)29-22/h6-7,9-10,12-15,17H,3-5,8,11,16H2,1-2H3,(H,28,29). The van der Waals surface area contributed by atoms with Crippen molar-refractivity contribution < 1.29 is 9.15 Å². The third-order valence-electron chi connectivity index (χ3n) is 5.40. The number of H-pyrrole nitrogens is 1. The molecule has 4 rings (SSSR count). The number of benzene rings is 2. The minimum absolute atomic E-state index is 0.567. The topological polar surface area (TPSA) is 63.9 Å². The maximum atomic E-state index is 6.16. The van der Waals surface area contributed by atoms with E-state index in [1.807, 2.05) is 49.4 Å². The first-order valence-corrected chi connectivity index (χ1v) is 11.4. The van der Waals surface area contributed by atoms with E-state index in [0.29, 0.717) is 10.9 Å². The molecule has 0 bridgehead atoms. The van der Waals surface area contributed by atoms with Gasteiger partial charge >= 0.3 is 0 Å². The second kappa shape index (κ2) is 10.5. The normalized spacial score (nSPS) is 11.1. The summed E-state index contributed by atoms with van der Waals surface area (Å²) in [4.78, 5) is 12.2. The Morgan fingerprint density at radius 3 is 2.50 bits per heavy atom. The van der Waals surface area contributed by atoms with Crippen LogP contribution in [0.2, 0.25) is 5.02 Å². The van der Waals surface area contributed by atoms with Crippen molar-refractivity contribution in [3.63, 3.8) is 0 Å². The molecule has 2 aromatic carbocycles. The van der Waals surface area contributed by atoms with Crippen LogP contribution < -0.4 is 4.74 Å². The molecule has 2 aromatic heterocycles. The number of aryl methyl sites for hydroxylation is 3. The number of imidazole rings is 1. The van der Waals surface area contributed by atoms with Crippen molar-refractivity contribution in [3.05, 3.63) is 76.9 Å². The summed E-state index contributed by atoms with van der Waals surface area (Å²) < 4.78 is 12.1. The number of hydrogen-bond acceptors (Lipinski definition) is 4. The molecule has 0 saturated heterocycles. The summed E-state index contributed by atoms with van der Waals surface area (Å²) in [6.45, 7) is 4.73. The van der Waals surface area contributed by atoms with E-state index in [9.17, 15) is 0 Å². The monoisotopic (exact) mass is 449 g/mol. The molecular weight excluding hydrogens is 422 g/mol. The highest BCUT2D eigenvalue weighted by Gasteiger charge is 2.17. The van der Waals surface area contributed by atoms with Gasteiger partial charge in [-0.3, -0.25) is 0 Å². The lowest BCUT2D eigenvalue weighted by Crippen LogP contribution is -1.98. The van der Waals surface area contributed by atoms with Crippen LogP contribution in [0.25, 0.3) is 22.8 Å². The number of oxazole rings is 1. The van der Waals surface area contributed by atoms with Crippen LogP contribution in [0.1, 0.15) is 42.8 Å². The number of halogens is 1. The SMILES string of the molecule is Cc1ncc(-c2nc(-c3ccc(Cl)cc3)c(CCCCCCOc3ccccc3C)o2)[nH]1. The average molecular weight is 450 g/mol. The van der Waals surface area contributed by atoms with E-state index in [2.05, 4.69) is 23.0 Å². The lowest BCUT2D eigenvalue weighted by Gasteiger charge is -2.08. The lowest BCUT2D eigenvalue weighted by molar-refractivity contribution is 0.302. The molecular formula is C26H28ClN3O2. The molecule has 166 valence electrons. The highest BCUT2D eigenvalue weighted by molar-refractivity contribution is 6.30. The van der Waals surface area contributed by atoms with Crippen LogP contribution in [-0.4, -0.2) is 21.6 Å². The second-order valence-electron chi connectivity index (χ2n) is 7.96. The summed E-state index contributed by atoms with van der Waals surface area (Å²) in [6, 6.07) is 15.9. The third-order valence-corrected chi connectivity index (χ3v) is 5.65. The van der Waals surface area contributed by atoms with Gasteiger partial charge in [-0.2, -0.15) is 0 Å². The van der Waals surface area contributed by atoms with Gasteiger partial charge < -0.3 is 14.1 Å². The number of unbranched alkanes of at least 4 members (excludes halogenated alkanes) is 3. The van der Waals surface area contributed by atoms with Crippen molar-refractivity contribution in [2.45, 2.75) is 46.0 Å². The molecule has 0 fully saturated rings. The van der Waals surface area contributed by atoms with E-state index in [1.165, 1.54) is 5.56 Å². The predicted octanol–water partition coefficient (Wildman–Crippen LogP) is 7.18. The maximum Gasteiger partial charge on any atom is 0.245 e. The molecule has 1 N–H and O–H groups in total. The summed E-state index contributed by atoms with van der Waals surface area (Å²) in [5, 5.41) is 0.705. The quantitative estimate of drug-likeness (QED) is 0.260. The highest BCUT2D eigenvalue weighted by atomic mass is 35.5. The van der Waals surface area contributed by atoms with E-state index in [0.717, 1.165) is 73.0 Å². The average Bonchev–Trinajstić information content (AvgIpc) is 3.41. The zero-order chi connectivity index (χ0) is 22.3. The Kier molecular flexibility index (Phi) is 7.28. The van der Waals surface area contributed by atoms with Gasteiger partial charge in [-0.15, -0.1) is 0 Å². The fourth-order valence-corrected chi connectivity index (χ4v) is 3.77. The summed E-state index contributed by atoms with van der Waals surface area (Å²) >= 11 is 6.07. The van der Waals surface area contributed by atoms with Gasteiger partial charge in [-0.1, -0.05) is 54.8 Å². The summed E-state index contributed by atoms with van der Waals surface area (Å²) in [5.41, 5.74) is 3.84. The third kappa shape index (κ3) is 5.60. The molecule has 6 heteroatoms. The largest absolute Gasteiger partial charge is 0.493 e. The number of nitrogens with zero attached hydrogens (tertiary/aromatic N) is 2. The van der Waals surface area contributed by atoms with E-state index in [-0.39, 0.29) is 0 Å². The Hall–Kier alpha value is -3.05. The Balaban J connectivity index is 1.34. The van der Waals surface area contributed by atoms with E-state index < -0.39 is 0 Å². The minimum Gasteiger partial charge on any atom is -0.493 e. The number of ether oxygens (including phenoxy) is 1. The van der Waals surface area contributed by atoms with E-state index in [4.69, 9.17) is 25.7 Å². The van der Waals surface area contributed by atoms with Gasteiger partial charge in [0.1, 0.15) is 28.7 Å². The van der Waals surface area contributed by atoms with Crippen LogP contribution in [0, 0.1) is 13.8 Å². The zero-order valence-electron chi connectivity index (χ0n) is 18.5. The van der Waals surface area contributed by atoms with Crippen molar-refractivity contribution in [1.29, 1.82) is 0 Å². The van der Waals surface area contributed by atoms with Gasteiger partial charge in [0.25, 0.3) is 0 Å². The number of para-hydroxylation sites is 1. The number of nitrogens with one attached hydrogen (secondary N) is 1. The molecule has 32 heavy (non-hydrogen) atoms.